The number of alkyl halides is 3. The molecule has 4 aromatic carbocycles. The Kier molecular flexibility index (Phi) is 7.92. The molecule has 0 fully saturated rings. The second kappa shape index (κ2) is 10.5. The Morgan fingerprint density at radius 2 is 1.33 bits per heavy atom. The van der Waals surface area contributed by atoms with Gasteiger partial charge in [0, 0.05) is 31.2 Å². The molecular weight excluding hydrogens is 552 g/mol. The summed E-state index contributed by atoms with van der Waals surface area (Å²) in [5.74, 6) is -0.828. The third kappa shape index (κ3) is 5.52. The van der Waals surface area contributed by atoms with Gasteiger partial charge in [-0.25, -0.2) is 0 Å². The zero-order chi connectivity index (χ0) is 26.3. The number of hydrogen-bond acceptors (Lipinski definition) is 6. The second-order valence-corrected chi connectivity index (χ2v) is 13.1. The fourth-order valence-corrected chi connectivity index (χ4v) is 7.79. The van der Waals surface area contributed by atoms with E-state index in [0.29, 0.717) is 11.1 Å². The van der Waals surface area contributed by atoms with Gasteiger partial charge in [0.15, 0.2) is 0 Å². The van der Waals surface area contributed by atoms with Gasteiger partial charge >= 0.3 is 12.1 Å². The molecule has 0 saturated carbocycles. The van der Waals surface area contributed by atoms with Crippen LogP contribution in [-0.2, 0) is 14.9 Å². The molecule has 12 heteroatoms. The summed E-state index contributed by atoms with van der Waals surface area (Å²) in [6.45, 7) is 3.95. The van der Waals surface area contributed by atoms with Crippen molar-refractivity contribution in [1.82, 2.24) is 0 Å². The van der Waals surface area contributed by atoms with Crippen LogP contribution in [0.2, 0.25) is 0 Å². The number of carbonyl (C=O) groups excluding carboxylic acids is 1. The number of rotatable bonds is 9. The van der Waals surface area contributed by atoms with Crippen molar-refractivity contribution in [1.29, 1.82) is 0 Å². The van der Waals surface area contributed by atoms with Crippen LogP contribution in [0.4, 0.5) is 18.9 Å². The highest BCUT2D eigenvalue weighted by molar-refractivity contribution is 8.01. The van der Waals surface area contributed by atoms with Crippen LogP contribution in [0.15, 0.2) is 51.1 Å². The molecule has 0 heterocycles. The van der Waals surface area contributed by atoms with Gasteiger partial charge in [0.25, 0.3) is 10.1 Å². The molecule has 0 aliphatic heterocycles. The van der Waals surface area contributed by atoms with Gasteiger partial charge in [0.1, 0.15) is 0 Å². The van der Waals surface area contributed by atoms with E-state index in [9.17, 15) is 26.4 Å². The van der Waals surface area contributed by atoms with Crippen molar-refractivity contribution in [3.8, 4) is 0 Å². The van der Waals surface area contributed by atoms with Gasteiger partial charge in [0.05, 0.1) is 11.4 Å². The topological polar surface area (TPSA) is 83.5 Å². The average Bonchev–Trinajstić information content (AvgIpc) is 2.79. The third-order valence-electron chi connectivity index (χ3n) is 5.49. The average molecular weight is 574 g/mol. The number of benzene rings is 4. The smallest absolute Gasteiger partial charge is 0.318 e. The van der Waals surface area contributed by atoms with Crippen LogP contribution in [0.3, 0.4) is 0 Å². The highest BCUT2D eigenvalue weighted by Crippen LogP contribution is 2.47. The quantitative estimate of drug-likeness (QED) is 0.124. The van der Waals surface area contributed by atoms with Crippen molar-refractivity contribution in [3.63, 3.8) is 0 Å². The number of carbonyl (C=O) groups is 1. The number of anilines is 1. The van der Waals surface area contributed by atoms with Crippen LogP contribution in [0.5, 0.6) is 0 Å². The maximum Gasteiger partial charge on any atom is 0.471 e. The summed E-state index contributed by atoms with van der Waals surface area (Å²) in [7, 11) is -4.12. The first-order valence-electron chi connectivity index (χ1n) is 10.9. The van der Waals surface area contributed by atoms with Gasteiger partial charge in [-0.3, -0.25) is 9.35 Å². The Hall–Kier alpha value is -1.86. The maximum absolute atomic E-state index is 13.1. The van der Waals surface area contributed by atoms with E-state index in [1.807, 2.05) is 32.0 Å². The number of amides is 1. The second-order valence-electron chi connectivity index (χ2n) is 7.82. The van der Waals surface area contributed by atoms with E-state index in [1.54, 1.807) is 30.0 Å². The largest absolute Gasteiger partial charge is 0.471 e. The summed E-state index contributed by atoms with van der Waals surface area (Å²) in [4.78, 5) is 14.4. The van der Waals surface area contributed by atoms with Gasteiger partial charge < -0.3 is 5.32 Å². The molecule has 2 N–H and O–H groups in total. The highest BCUT2D eigenvalue weighted by Gasteiger charge is 2.39. The van der Waals surface area contributed by atoms with Crippen molar-refractivity contribution >= 4 is 89.3 Å². The number of halogens is 3. The summed E-state index contributed by atoms with van der Waals surface area (Å²) < 4.78 is 70.9. The van der Waals surface area contributed by atoms with Crippen molar-refractivity contribution in [3.05, 3.63) is 36.4 Å². The van der Waals surface area contributed by atoms with E-state index in [1.165, 1.54) is 23.5 Å². The van der Waals surface area contributed by atoms with Crippen LogP contribution in [-0.4, -0.2) is 48.1 Å². The molecular formula is C24H22F3NO4S4. The molecule has 0 spiro atoms. The lowest BCUT2D eigenvalue weighted by atomic mass is 9.93. The SMILES string of the molecule is CCSc1cc(NC(=O)C(F)(F)F)c2ccc3c(SCCS(=O)(=O)O)cc(SCC)c4ccc1c2c43. The summed E-state index contributed by atoms with van der Waals surface area (Å²) in [5, 5.41) is 6.77. The fraction of sp³-hybridized carbons (Fsp3) is 0.292. The zero-order valence-electron chi connectivity index (χ0n) is 19.2. The minimum absolute atomic E-state index is 0.0873. The molecule has 0 radical (unpaired) electrons. The lowest BCUT2D eigenvalue weighted by molar-refractivity contribution is -0.167. The Morgan fingerprint density at radius 3 is 1.83 bits per heavy atom. The molecule has 0 atom stereocenters. The van der Waals surface area contributed by atoms with E-state index in [0.717, 1.165) is 47.4 Å². The number of hydrogen-bond donors (Lipinski definition) is 2. The Balaban J connectivity index is 2.02. The molecule has 0 unspecified atom stereocenters. The van der Waals surface area contributed by atoms with Gasteiger partial charge in [0.2, 0.25) is 0 Å². The Bertz CT molecular complexity index is 1550. The molecule has 0 aromatic heterocycles. The molecule has 4 rings (SSSR count). The normalized spacial score (nSPS) is 12.7. The third-order valence-corrected chi connectivity index (χ3v) is 9.40. The van der Waals surface area contributed by atoms with Gasteiger partial charge in [-0.1, -0.05) is 38.1 Å². The van der Waals surface area contributed by atoms with Crippen molar-refractivity contribution in [2.45, 2.75) is 34.7 Å². The summed E-state index contributed by atoms with van der Waals surface area (Å²) in [6.07, 6.45) is -5.02. The highest BCUT2D eigenvalue weighted by atomic mass is 32.2. The summed E-state index contributed by atoms with van der Waals surface area (Å²) in [6, 6.07) is 11.0. The maximum atomic E-state index is 13.1. The molecule has 0 saturated heterocycles. The molecule has 36 heavy (non-hydrogen) atoms. The molecule has 5 nitrogen and oxygen atoms in total. The van der Waals surface area contributed by atoms with Crippen molar-refractivity contribution in [2.24, 2.45) is 0 Å². The molecule has 1 amide bonds. The van der Waals surface area contributed by atoms with E-state index in [4.69, 9.17) is 4.55 Å². The molecule has 0 aliphatic rings. The summed E-state index contributed by atoms with van der Waals surface area (Å²) in [5.41, 5.74) is 0.0873. The van der Waals surface area contributed by atoms with Gasteiger partial charge in [-0.05, 0) is 45.2 Å². The van der Waals surface area contributed by atoms with Gasteiger partial charge in [-0.15, -0.1) is 35.3 Å². The number of thioether (sulfide) groups is 3. The predicted octanol–water partition coefficient (Wildman–Crippen LogP) is 7.29. The standard InChI is InChI=1S/C24H22F3NO4S4/c1-3-33-18-11-17(28-23(29)24(25,26)27)13-5-6-16-20(35-9-10-36(30,31)32)12-19(34-4-2)15-8-7-14(18)21(13)22(15)16/h5-8,11-12H,3-4,9-10H2,1-2H3,(H,28,29)(H,30,31,32). The summed E-state index contributed by atoms with van der Waals surface area (Å²) >= 11 is 4.38. The molecule has 4 aromatic rings. The molecule has 0 bridgehead atoms. The van der Waals surface area contributed by atoms with E-state index < -0.39 is 28.0 Å². The Labute approximate surface area is 219 Å². The first-order valence-corrected chi connectivity index (χ1v) is 15.5. The fourth-order valence-electron chi connectivity index (χ4n) is 4.12. The monoisotopic (exact) mass is 573 g/mol. The molecule has 0 aliphatic carbocycles. The lowest BCUT2D eigenvalue weighted by Crippen LogP contribution is -2.30. The van der Waals surface area contributed by atoms with Crippen LogP contribution in [0.25, 0.3) is 32.3 Å². The number of nitrogens with one attached hydrogen (secondary N) is 1. The van der Waals surface area contributed by atoms with Crippen LogP contribution in [0, 0.1) is 0 Å². The van der Waals surface area contributed by atoms with Crippen molar-refractivity contribution in [2.75, 3.05) is 28.3 Å². The minimum Gasteiger partial charge on any atom is -0.318 e. The van der Waals surface area contributed by atoms with Gasteiger partial charge in [-0.2, -0.15) is 21.6 Å². The first-order chi connectivity index (χ1) is 16.9. The zero-order valence-corrected chi connectivity index (χ0v) is 22.5. The lowest BCUT2D eigenvalue weighted by Gasteiger charge is -2.20. The first kappa shape index (κ1) is 27.2. The predicted molar refractivity (Wildman–Crippen MR) is 145 cm³/mol. The van der Waals surface area contributed by atoms with E-state index in [2.05, 4.69) is 5.32 Å². The van der Waals surface area contributed by atoms with E-state index >= 15 is 0 Å². The van der Waals surface area contributed by atoms with Crippen LogP contribution >= 0.6 is 35.3 Å². The van der Waals surface area contributed by atoms with Crippen LogP contribution in [0.1, 0.15) is 13.8 Å². The van der Waals surface area contributed by atoms with E-state index in [-0.39, 0.29) is 11.4 Å². The van der Waals surface area contributed by atoms with Crippen molar-refractivity contribution < 1.29 is 30.9 Å². The molecule has 192 valence electrons. The van der Waals surface area contributed by atoms with Crippen LogP contribution < -0.4 is 5.32 Å². The Morgan fingerprint density at radius 1 is 0.861 bits per heavy atom. The minimum atomic E-state index is -5.02.